The molecule has 6 heteroatoms. The van der Waals surface area contributed by atoms with Crippen LogP contribution in [0.2, 0.25) is 0 Å². The Labute approximate surface area is 63.3 Å². The Bertz CT molecular complexity index is 98.1. The topological polar surface area (TPSA) is 54.4 Å². The van der Waals surface area contributed by atoms with E-state index in [0.717, 1.165) is 0 Å². The molecule has 0 saturated carbocycles. The Morgan fingerprint density at radius 2 is 1.43 bits per heavy atom. The number of hydrogen-bond donors (Lipinski definition) is 1. The molecule has 0 amide bonds. The molecule has 0 heterocycles. The molecule has 3 nitrogen and oxygen atoms in total. The third kappa shape index (κ3) is 193. The van der Waals surface area contributed by atoms with Crippen LogP contribution >= 0.6 is 0 Å². The third-order valence-electron chi connectivity index (χ3n) is 0. The molecule has 2 radical (unpaired) electrons. The Kier molecular flexibility index (Phi) is 11.4. The molecule has 7 heavy (non-hydrogen) atoms. The maximum absolute atomic E-state index is 9.19. The minimum atomic E-state index is -3.67. The van der Waals surface area contributed by atoms with E-state index in [0.29, 0.717) is 6.26 Å². The Hall–Kier alpha value is 0.936. The van der Waals surface area contributed by atoms with Gasteiger partial charge in [-0.3, -0.25) is 4.55 Å². The van der Waals surface area contributed by atoms with Gasteiger partial charge in [0.1, 0.15) is 0 Å². The van der Waals surface area contributed by atoms with Crippen molar-refractivity contribution in [3.8, 4) is 0 Å². The zero-order valence-electron chi connectivity index (χ0n) is 3.31. The molecular weight excluding hydrogens is 215 g/mol. The van der Waals surface area contributed by atoms with Gasteiger partial charge >= 0.3 is 0 Å². The fourth-order valence-corrected chi connectivity index (χ4v) is 0. The van der Waals surface area contributed by atoms with Crippen LogP contribution in [0.25, 0.3) is 0 Å². The summed E-state index contributed by atoms with van der Waals surface area (Å²) in [6.07, 6.45) is 0.715. The molecular formula is CH4CoCuO3S. The average Bonchev–Trinajstić information content (AvgIpc) is 0.722. The van der Waals surface area contributed by atoms with Gasteiger partial charge in [0.05, 0.1) is 6.26 Å². The van der Waals surface area contributed by atoms with Crippen LogP contribution in [0.3, 0.4) is 0 Å². The Balaban J connectivity index is -0.0000000800. The summed E-state index contributed by atoms with van der Waals surface area (Å²) in [5.41, 5.74) is 0. The van der Waals surface area contributed by atoms with E-state index in [4.69, 9.17) is 4.55 Å². The van der Waals surface area contributed by atoms with Gasteiger partial charge in [-0.15, -0.1) is 0 Å². The molecule has 0 spiro atoms. The number of hydrogen-bond acceptors (Lipinski definition) is 2. The van der Waals surface area contributed by atoms with E-state index in [1.807, 2.05) is 0 Å². The Morgan fingerprint density at radius 3 is 1.43 bits per heavy atom. The quantitative estimate of drug-likeness (QED) is 0.441. The first-order valence-electron chi connectivity index (χ1n) is 0.924. The second kappa shape index (κ2) is 5.08. The van der Waals surface area contributed by atoms with Crippen molar-refractivity contribution in [1.82, 2.24) is 0 Å². The van der Waals surface area contributed by atoms with Gasteiger partial charge < -0.3 is 0 Å². The average molecular weight is 219 g/mol. The summed E-state index contributed by atoms with van der Waals surface area (Å²) in [6.45, 7) is 0. The monoisotopic (exact) mass is 218 g/mol. The van der Waals surface area contributed by atoms with Crippen LogP contribution in [0.4, 0.5) is 0 Å². The van der Waals surface area contributed by atoms with Crippen molar-refractivity contribution in [2.75, 3.05) is 6.26 Å². The first kappa shape index (κ1) is 15.7. The zero-order chi connectivity index (χ0) is 4.50. The minimum absolute atomic E-state index is 0. The van der Waals surface area contributed by atoms with Gasteiger partial charge in [-0.2, -0.15) is 8.42 Å². The number of rotatable bonds is 0. The van der Waals surface area contributed by atoms with E-state index >= 15 is 0 Å². The molecule has 0 aliphatic rings. The molecule has 0 bridgehead atoms. The standard InChI is InChI=1S/CH4O3S.Co.Cu/c1-5(2,3)4;;/h1H3,(H,2,3,4);;. The minimum Gasteiger partial charge on any atom is -0.286 e. The molecule has 0 saturated heterocycles. The van der Waals surface area contributed by atoms with Crippen molar-refractivity contribution in [2.45, 2.75) is 0 Å². The maximum atomic E-state index is 9.19. The Morgan fingerprint density at radius 1 is 1.43 bits per heavy atom. The van der Waals surface area contributed by atoms with E-state index in [9.17, 15) is 8.42 Å². The van der Waals surface area contributed by atoms with Gasteiger partial charge in [-0.1, -0.05) is 0 Å². The second-order valence-electron chi connectivity index (χ2n) is 0.733. The first-order valence-corrected chi connectivity index (χ1v) is 2.77. The van der Waals surface area contributed by atoms with Crippen LogP contribution in [0, 0.1) is 0 Å². The predicted octanol–water partition coefficient (Wildman–Crippen LogP) is -0.501. The van der Waals surface area contributed by atoms with Crippen LogP contribution in [0.15, 0.2) is 0 Å². The molecule has 0 fully saturated rings. The van der Waals surface area contributed by atoms with Crippen molar-refractivity contribution < 1.29 is 46.8 Å². The van der Waals surface area contributed by atoms with Crippen molar-refractivity contribution in [2.24, 2.45) is 0 Å². The molecule has 0 atom stereocenters. The smallest absolute Gasteiger partial charge is 0.261 e. The second-order valence-corrected chi connectivity index (χ2v) is 2.20. The van der Waals surface area contributed by atoms with Crippen molar-refractivity contribution in [3.63, 3.8) is 0 Å². The molecule has 0 rings (SSSR count). The van der Waals surface area contributed by atoms with Crippen LogP contribution in [-0.4, -0.2) is 19.2 Å². The molecule has 0 aromatic carbocycles. The van der Waals surface area contributed by atoms with Crippen molar-refractivity contribution in [1.29, 1.82) is 0 Å². The van der Waals surface area contributed by atoms with Gasteiger partial charge in [0.25, 0.3) is 10.1 Å². The summed E-state index contributed by atoms with van der Waals surface area (Å²) >= 11 is 0. The molecule has 0 aromatic rings. The van der Waals surface area contributed by atoms with Crippen LogP contribution in [-0.2, 0) is 44.0 Å². The largest absolute Gasteiger partial charge is 0.286 e. The molecule has 0 aliphatic heterocycles. The van der Waals surface area contributed by atoms with Crippen LogP contribution in [0.1, 0.15) is 0 Å². The van der Waals surface area contributed by atoms with E-state index < -0.39 is 10.1 Å². The first-order chi connectivity index (χ1) is 2.00. The normalized spacial score (nSPS) is 8.29. The molecule has 0 unspecified atom stereocenters. The van der Waals surface area contributed by atoms with Gasteiger partial charge in [0.15, 0.2) is 0 Å². The fourth-order valence-electron chi connectivity index (χ4n) is 0. The molecule has 0 aliphatic carbocycles. The summed E-state index contributed by atoms with van der Waals surface area (Å²) in [7, 11) is -3.67. The summed E-state index contributed by atoms with van der Waals surface area (Å²) in [6, 6.07) is 0. The molecule has 0 aromatic heterocycles. The van der Waals surface area contributed by atoms with Gasteiger partial charge in [0.2, 0.25) is 0 Å². The fraction of sp³-hybridized carbons (Fsp3) is 1.00. The molecule has 52 valence electrons. The predicted molar refractivity (Wildman–Crippen MR) is 17.5 cm³/mol. The van der Waals surface area contributed by atoms with Gasteiger partial charge in [-0.25, -0.2) is 0 Å². The summed E-state index contributed by atoms with van der Waals surface area (Å²) in [4.78, 5) is 0. The third-order valence-corrected chi connectivity index (χ3v) is 0. The van der Waals surface area contributed by atoms with Gasteiger partial charge in [0, 0.05) is 33.8 Å². The SMILES string of the molecule is CS(=O)(=O)O.[Co].[Cu]. The van der Waals surface area contributed by atoms with E-state index in [1.54, 1.807) is 0 Å². The van der Waals surface area contributed by atoms with E-state index in [-0.39, 0.29) is 33.8 Å². The van der Waals surface area contributed by atoms with E-state index in [1.165, 1.54) is 0 Å². The van der Waals surface area contributed by atoms with Crippen molar-refractivity contribution >= 4 is 10.1 Å². The van der Waals surface area contributed by atoms with E-state index in [2.05, 4.69) is 0 Å². The van der Waals surface area contributed by atoms with Crippen LogP contribution < -0.4 is 0 Å². The summed E-state index contributed by atoms with van der Waals surface area (Å²) in [5, 5.41) is 0. The van der Waals surface area contributed by atoms with Crippen LogP contribution in [0.5, 0.6) is 0 Å². The maximum Gasteiger partial charge on any atom is 0.261 e. The zero-order valence-corrected chi connectivity index (χ0v) is 6.11. The van der Waals surface area contributed by atoms with Gasteiger partial charge in [-0.05, 0) is 0 Å². The summed E-state index contributed by atoms with van der Waals surface area (Å²) in [5.74, 6) is 0. The van der Waals surface area contributed by atoms with Crippen molar-refractivity contribution in [3.05, 3.63) is 0 Å². The summed E-state index contributed by atoms with van der Waals surface area (Å²) < 4.78 is 25.9. The molecule has 1 N–H and O–H groups in total.